The first-order valence-corrected chi connectivity index (χ1v) is 6.70. The van der Waals surface area contributed by atoms with Crippen LogP contribution in [0.4, 0.5) is 5.69 Å². The molecule has 7 heteroatoms. The number of hydrogen-bond acceptors (Lipinski definition) is 5. The van der Waals surface area contributed by atoms with Gasteiger partial charge in [0.15, 0.2) is 0 Å². The lowest BCUT2D eigenvalue weighted by molar-refractivity contribution is -0.385. The molecule has 0 aromatic heterocycles. The van der Waals surface area contributed by atoms with Crippen LogP contribution in [0.5, 0.6) is 5.75 Å². The van der Waals surface area contributed by atoms with Crippen LogP contribution in [-0.2, 0) is 4.79 Å². The summed E-state index contributed by atoms with van der Waals surface area (Å²) < 4.78 is 5.52. The van der Waals surface area contributed by atoms with E-state index in [0.717, 1.165) is 6.42 Å². The number of nitro benzene ring substituents is 1. The van der Waals surface area contributed by atoms with Crippen molar-refractivity contribution in [3.63, 3.8) is 0 Å². The second-order valence-corrected chi connectivity index (χ2v) is 5.29. The number of primary amides is 1. The highest BCUT2D eigenvalue weighted by atomic mass is 16.6. The molecule has 0 spiro atoms. The Morgan fingerprint density at radius 2 is 2.10 bits per heavy atom. The van der Waals surface area contributed by atoms with E-state index < -0.39 is 16.4 Å². The summed E-state index contributed by atoms with van der Waals surface area (Å²) in [5, 5.41) is 10.7. The highest BCUT2D eigenvalue weighted by molar-refractivity contribution is 5.83. The summed E-state index contributed by atoms with van der Waals surface area (Å²) in [4.78, 5) is 21.3. The van der Waals surface area contributed by atoms with E-state index in [1.165, 1.54) is 6.07 Å². The summed E-state index contributed by atoms with van der Waals surface area (Å²) in [7, 11) is 0. The van der Waals surface area contributed by atoms with Gasteiger partial charge in [-0.2, -0.15) is 0 Å². The third-order valence-electron chi connectivity index (χ3n) is 3.29. The Labute approximate surface area is 123 Å². The van der Waals surface area contributed by atoms with Crippen LogP contribution in [0.3, 0.4) is 0 Å². The molecule has 0 fully saturated rings. The van der Waals surface area contributed by atoms with Gasteiger partial charge in [0.2, 0.25) is 5.91 Å². The molecule has 1 aromatic carbocycles. The standard InChI is InChI=1S/C14H21N3O4/c1-10-9-11(5-6-12(10)17(19)20)21-8-4-3-7-14(2,16)13(15)18/h5-6,9H,3-4,7-8,16H2,1-2H3,(H2,15,18). The highest BCUT2D eigenvalue weighted by Crippen LogP contribution is 2.23. The number of nitro groups is 1. The molecule has 1 amide bonds. The summed E-state index contributed by atoms with van der Waals surface area (Å²) in [5.74, 6) is 0.0675. The van der Waals surface area contributed by atoms with E-state index >= 15 is 0 Å². The van der Waals surface area contributed by atoms with Crippen molar-refractivity contribution >= 4 is 11.6 Å². The van der Waals surface area contributed by atoms with E-state index in [2.05, 4.69) is 0 Å². The van der Waals surface area contributed by atoms with Gasteiger partial charge in [0, 0.05) is 11.6 Å². The summed E-state index contributed by atoms with van der Waals surface area (Å²) in [6, 6.07) is 4.63. The number of benzene rings is 1. The lowest BCUT2D eigenvalue weighted by atomic mass is 9.96. The van der Waals surface area contributed by atoms with Gasteiger partial charge in [-0.15, -0.1) is 0 Å². The normalized spacial score (nSPS) is 13.5. The molecule has 0 bridgehead atoms. The van der Waals surface area contributed by atoms with Crippen LogP contribution in [0, 0.1) is 17.0 Å². The first-order valence-electron chi connectivity index (χ1n) is 6.70. The van der Waals surface area contributed by atoms with Crippen molar-refractivity contribution < 1.29 is 14.5 Å². The number of carbonyl (C=O) groups excluding carboxylic acids is 1. The molecule has 0 saturated heterocycles. The Kier molecular flexibility index (Phi) is 5.66. The van der Waals surface area contributed by atoms with Gasteiger partial charge in [0.05, 0.1) is 17.1 Å². The monoisotopic (exact) mass is 295 g/mol. The van der Waals surface area contributed by atoms with Gasteiger partial charge in [0.1, 0.15) is 5.75 Å². The number of aryl methyl sites for hydroxylation is 1. The second kappa shape index (κ2) is 7.03. The maximum atomic E-state index is 11.0. The zero-order valence-corrected chi connectivity index (χ0v) is 12.3. The quantitative estimate of drug-likeness (QED) is 0.429. The van der Waals surface area contributed by atoms with E-state index in [-0.39, 0.29) is 5.69 Å². The highest BCUT2D eigenvalue weighted by Gasteiger charge is 2.24. The van der Waals surface area contributed by atoms with Gasteiger partial charge >= 0.3 is 0 Å². The molecular formula is C14H21N3O4. The third kappa shape index (κ3) is 5.03. The molecule has 0 aliphatic rings. The van der Waals surface area contributed by atoms with Crippen LogP contribution in [0.2, 0.25) is 0 Å². The molecule has 1 aromatic rings. The Morgan fingerprint density at radius 3 is 2.62 bits per heavy atom. The zero-order chi connectivity index (χ0) is 16.0. The number of ether oxygens (including phenoxy) is 1. The fourth-order valence-corrected chi connectivity index (χ4v) is 1.83. The van der Waals surface area contributed by atoms with E-state index in [4.69, 9.17) is 16.2 Å². The van der Waals surface area contributed by atoms with Crippen LogP contribution >= 0.6 is 0 Å². The minimum atomic E-state index is -0.996. The van der Waals surface area contributed by atoms with Gasteiger partial charge < -0.3 is 16.2 Å². The number of nitrogens with zero attached hydrogens (tertiary/aromatic N) is 1. The van der Waals surface area contributed by atoms with E-state index in [1.54, 1.807) is 26.0 Å². The predicted molar refractivity (Wildman–Crippen MR) is 79.0 cm³/mol. The molecule has 4 N–H and O–H groups in total. The topological polar surface area (TPSA) is 121 Å². The van der Waals surface area contributed by atoms with Crippen LogP contribution in [-0.4, -0.2) is 23.0 Å². The number of unbranched alkanes of at least 4 members (excludes halogenated alkanes) is 1. The van der Waals surface area contributed by atoms with Crippen LogP contribution in [0.15, 0.2) is 18.2 Å². The van der Waals surface area contributed by atoms with Crippen molar-refractivity contribution in [1.29, 1.82) is 0 Å². The molecule has 1 rings (SSSR count). The predicted octanol–water partition coefficient (Wildman–Crippen LogP) is 1.66. The van der Waals surface area contributed by atoms with E-state index in [9.17, 15) is 14.9 Å². The van der Waals surface area contributed by atoms with Crippen molar-refractivity contribution in [2.24, 2.45) is 11.5 Å². The molecular weight excluding hydrogens is 274 g/mol. The number of rotatable bonds is 8. The van der Waals surface area contributed by atoms with Crippen molar-refractivity contribution in [3.05, 3.63) is 33.9 Å². The van der Waals surface area contributed by atoms with E-state index in [1.807, 2.05) is 0 Å². The molecule has 1 atom stereocenters. The SMILES string of the molecule is Cc1cc(OCCCCC(C)(N)C(N)=O)ccc1[N+](=O)[O-]. The number of amides is 1. The Balaban J connectivity index is 2.39. The van der Waals surface area contributed by atoms with Gasteiger partial charge in [-0.1, -0.05) is 0 Å². The molecule has 0 heterocycles. The molecule has 0 saturated carbocycles. The number of carbonyl (C=O) groups is 1. The molecule has 0 radical (unpaired) electrons. The minimum Gasteiger partial charge on any atom is -0.494 e. The lowest BCUT2D eigenvalue weighted by Gasteiger charge is -2.19. The summed E-state index contributed by atoms with van der Waals surface area (Å²) in [5.41, 5.74) is 10.6. The third-order valence-corrected chi connectivity index (χ3v) is 3.29. The first-order chi connectivity index (χ1) is 9.74. The maximum absolute atomic E-state index is 11.0. The smallest absolute Gasteiger partial charge is 0.272 e. The zero-order valence-electron chi connectivity index (χ0n) is 12.3. The van der Waals surface area contributed by atoms with E-state index in [0.29, 0.717) is 30.8 Å². The molecule has 116 valence electrons. The molecule has 1 unspecified atom stereocenters. The first kappa shape index (κ1) is 16.9. The largest absolute Gasteiger partial charge is 0.494 e. The second-order valence-electron chi connectivity index (χ2n) is 5.29. The number of nitrogens with two attached hydrogens (primary N) is 2. The Bertz CT molecular complexity index is 529. The van der Waals surface area contributed by atoms with Crippen molar-refractivity contribution in [1.82, 2.24) is 0 Å². The average molecular weight is 295 g/mol. The average Bonchev–Trinajstić information content (AvgIpc) is 2.37. The number of hydrogen-bond donors (Lipinski definition) is 2. The lowest BCUT2D eigenvalue weighted by Crippen LogP contribution is -2.49. The summed E-state index contributed by atoms with van der Waals surface area (Å²) >= 11 is 0. The maximum Gasteiger partial charge on any atom is 0.272 e. The fourth-order valence-electron chi connectivity index (χ4n) is 1.83. The minimum absolute atomic E-state index is 0.0720. The molecule has 7 nitrogen and oxygen atoms in total. The molecule has 0 aliphatic carbocycles. The van der Waals surface area contributed by atoms with Crippen molar-refractivity contribution in [2.45, 2.75) is 38.6 Å². The van der Waals surface area contributed by atoms with Gasteiger partial charge in [-0.3, -0.25) is 14.9 Å². The van der Waals surface area contributed by atoms with Gasteiger partial charge in [-0.05, 0) is 45.2 Å². The van der Waals surface area contributed by atoms with Crippen LogP contribution in [0.1, 0.15) is 31.7 Å². The van der Waals surface area contributed by atoms with Crippen LogP contribution in [0.25, 0.3) is 0 Å². The molecule has 21 heavy (non-hydrogen) atoms. The Morgan fingerprint density at radius 1 is 1.43 bits per heavy atom. The fraction of sp³-hybridized carbons (Fsp3) is 0.500. The van der Waals surface area contributed by atoms with Gasteiger partial charge in [0.25, 0.3) is 5.69 Å². The Hall–Kier alpha value is -2.15. The van der Waals surface area contributed by atoms with Crippen molar-refractivity contribution in [3.8, 4) is 5.75 Å². The summed E-state index contributed by atoms with van der Waals surface area (Å²) in [6.07, 6.45) is 1.92. The van der Waals surface area contributed by atoms with Crippen molar-refractivity contribution in [2.75, 3.05) is 6.61 Å². The molecule has 0 aliphatic heterocycles. The summed E-state index contributed by atoms with van der Waals surface area (Å²) in [6.45, 7) is 3.72. The van der Waals surface area contributed by atoms with Crippen LogP contribution < -0.4 is 16.2 Å². The van der Waals surface area contributed by atoms with Gasteiger partial charge in [-0.25, -0.2) is 0 Å².